The molecular weight excluding hydrogens is 302 g/mol. The fourth-order valence-electron chi connectivity index (χ4n) is 4.59. The molecule has 0 bridgehead atoms. The summed E-state index contributed by atoms with van der Waals surface area (Å²) >= 11 is 0. The average Bonchev–Trinajstić information content (AvgIpc) is 2.68. The van der Waals surface area contributed by atoms with Gasteiger partial charge in [-0.3, -0.25) is 9.59 Å². The molecule has 3 saturated heterocycles. The summed E-state index contributed by atoms with van der Waals surface area (Å²) in [6.45, 7) is 7.81. The van der Waals surface area contributed by atoms with Crippen LogP contribution in [0.3, 0.4) is 0 Å². The van der Waals surface area contributed by atoms with Gasteiger partial charge < -0.3 is 14.7 Å². The minimum atomic E-state index is 0.251. The fourth-order valence-corrected chi connectivity index (χ4v) is 4.59. The monoisotopic (exact) mass is 335 g/mol. The molecule has 0 aromatic rings. The molecule has 3 aliphatic rings. The normalized spacial score (nSPS) is 25.0. The first-order valence-electron chi connectivity index (χ1n) is 9.99. The average molecular weight is 335 g/mol. The highest BCUT2D eigenvalue weighted by atomic mass is 16.2. The Labute approximate surface area is 146 Å². The second-order valence-electron chi connectivity index (χ2n) is 7.66. The maximum atomic E-state index is 12.7. The summed E-state index contributed by atoms with van der Waals surface area (Å²) in [5.41, 5.74) is 0. The Morgan fingerprint density at radius 1 is 0.792 bits per heavy atom. The van der Waals surface area contributed by atoms with E-state index >= 15 is 0 Å². The van der Waals surface area contributed by atoms with Gasteiger partial charge >= 0.3 is 0 Å². The Morgan fingerprint density at radius 3 is 2.00 bits per heavy atom. The molecule has 24 heavy (non-hydrogen) atoms. The molecule has 0 N–H and O–H groups in total. The number of carbonyl (C=O) groups is 2. The van der Waals surface area contributed by atoms with E-state index in [0.29, 0.717) is 24.3 Å². The van der Waals surface area contributed by atoms with E-state index in [-0.39, 0.29) is 5.92 Å². The molecular formula is C19H33N3O2. The summed E-state index contributed by atoms with van der Waals surface area (Å²) in [5, 5.41) is 0. The van der Waals surface area contributed by atoms with Gasteiger partial charge in [-0.05, 0) is 58.0 Å². The Kier molecular flexibility index (Phi) is 6.14. The number of likely N-dealkylation sites (tertiary alicyclic amines) is 3. The van der Waals surface area contributed by atoms with Crippen LogP contribution in [0.15, 0.2) is 0 Å². The van der Waals surface area contributed by atoms with Crippen LogP contribution in [0.4, 0.5) is 0 Å². The van der Waals surface area contributed by atoms with Gasteiger partial charge in [0.15, 0.2) is 0 Å². The molecule has 0 aliphatic carbocycles. The Bertz CT molecular complexity index is 432. The van der Waals surface area contributed by atoms with Gasteiger partial charge in [-0.2, -0.15) is 0 Å². The van der Waals surface area contributed by atoms with Crippen LogP contribution in [0.2, 0.25) is 0 Å². The first-order valence-corrected chi connectivity index (χ1v) is 9.99. The fraction of sp³-hybridized carbons (Fsp3) is 0.895. The molecule has 3 aliphatic heterocycles. The van der Waals surface area contributed by atoms with Crippen molar-refractivity contribution in [2.75, 3.05) is 39.3 Å². The summed E-state index contributed by atoms with van der Waals surface area (Å²) in [7, 11) is 0. The van der Waals surface area contributed by atoms with Crippen LogP contribution in [-0.4, -0.2) is 71.8 Å². The van der Waals surface area contributed by atoms with Crippen molar-refractivity contribution in [3.05, 3.63) is 0 Å². The van der Waals surface area contributed by atoms with Gasteiger partial charge in [0.05, 0.1) is 0 Å². The third-order valence-corrected chi connectivity index (χ3v) is 6.18. The van der Waals surface area contributed by atoms with E-state index < -0.39 is 0 Å². The lowest BCUT2D eigenvalue weighted by atomic mass is 9.91. The van der Waals surface area contributed by atoms with Gasteiger partial charge in [-0.25, -0.2) is 0 Å². The third-order valence-electron chi connectivity index (χ3n) is 6.18. The van der Waals surface area contributed by atoms with Crippen LogP contribution in [0, 0.1) is 5.92 Å². The van der Waals surface area contributed by atoms with Crippen LogP contribution >= 0.6 is 0 Å². The van der Waals surface area contributed by atoms with Crippen LogP contribution < -0.4 is 0 Å². The van der Waals surface area contributed by atoms with E-state index in [0.717, 1.165) is 65.0 Å². The lowest BCUT2D eigenvalue weighted by Crippen LogP contribution is -2.50. The van der Waals surface area contributed by atoms with Crippen molar-refractivity contribution in [1.29, 1.82) is 0 Å². The zero-order valence-corrected chi connectivity index (χ0v) is 15.2. The van der Waals surface area contributed by atoms with Gasteiger partial charge in [0.2, 0.25) is 11.8 Å². The van der Waals surface area contributed by atoms with E-state index in [1.807, 2.05) is 11.8 Å². The third kappa shape index (κ3) is 4.11. The minimum absolute atomic E-state index is 0.251. The lowest BCUT2D eigenvalue weighted by molar-refractivity contribution is -0.138. The van der Waals surface area contributed by atoms with Gasteiger partial charge in [0, 0.05) is 44.6 Å². The van der Waals surface area contributed by atoms with Crippen molar-refractivity contribution in [2.24, 2.45) is 5.92 Å². The number of nitrogens with zero attached hydrogens (tertiary/aromatic N) is 3. The molecule has 0 aromatic heterocycles. The zero-order chi connectivity index (χ0) is 16.9. The molecule has 0 aromatic carbocycles. The van der Waals surface area contributed by atoms with E-state index in [4.69, 9.17) is 0 Å². The van der Waals surface area contributed by atoms with Crippen molar-refractivity contribution in [1.82, 2.24) is 14.7 Å². The van der Waals surface area contributed by atoms with Crippen molar-refractivity contribution >= 4 is 11.8 Å². The molecule has 3 rings (SSSR count). The first kappa shape index (κ1) is 17.7. The summed E-state index contributed by atoms with van der Waals surface area (Å²) in [6, 6.07) is 0.608. The SMILES string of the molecule is CCC(=O)N1CCC(N2CCC(C(=O)N3CCCCC3)CC2)CC1. The van der Waals surface area contributed by atoms with Crippen molar-refractivity contribution in [3.63, 3.8) is 0 Å². The van der Waals surface area contributed by atoms with Crippen LogP contribution in [0.1, 0.15) is 58.3 Å². The van der Waals surface area contributed by atoms with Crippen LogP contribution in [0.25, 0.3) is 0 Å². The van der Waals surface area contributed by atoms with Gasteiger partial charge in [-0.15, -0.1) is 0 Å². The van der Waals surface area contributed by atoms with E-state index in [9.17, 15) is 9.59 Å². The van der Waals surface area contributed by atoms with Crippen molar-refractivity contribution < 1.29 is 9.59 Å². The number of amides is 2. The maximum absolute atomic E-state index is 12.7. The zero-order valence-electron chi connectivity index (χ0n) is 15.2. The van der Waals surface area contributed by atoms with E-state index in [1.165, 1.54) is 19.3 Å². The van der Waals surface area contributed by atoms with E-state index in [2.05, 4.69) is 9.80 Å². The van der Waals surface area contributed by atoms with Crippen LogP contribution in [-0.2, 0) is 9.59 Å². The minimum Gasteiger partial charge on any atom is -0.343 e. The van der Waals surface area contributed by atoms with Gasteiger partial charge in [0.1, 0.15) is 0 Å². The Morgan fingerprint density at radius 2 is 1.42 bits per heavy atom. The summed E-state index contributed by atoms with van der Waals surface area (Å²) < 4.78 is 0. The topological polar surface area (TPSA) is 43.9 Å². The molecule has 0 atom stereocenters. The predicted octanol–water partition coefficient (Wildman–Crippen LogP) is 2.11. The molecule has 5 heteroatoms. The van der Waals surface area contributed by atoms with Crippen molar-refractivity contribution in [2.45, 2.75) is 64.3 Å². The lowest BCUT2D eigenvalue weighted by Gasteiger charge is -2.42. The van der Waals surface area contributed by atoms with Gasteiger partial charge in [0.25, 0.3) is 0 Å². The number of piperidine rings is 3. The van der Waals surface area contributed by atoms with Crippen LogP contribution in [0.5, 0.6) is 0 Å². The second kappa shape index (κ2) is 8.32. The smallest absolute Gasteiger partial charge is 0.225 e. The summed E-state index contributed by atoms with van der Waals surface area (Å²) in [6.07, 6.45) is 8.48. The molecule has 0 saturated carbocycles. The number of carbonyl (C=O) groups excluding carboxylic acids is 2. The van der Waals surface area contributed by atoms with E-state index in [1.54, 1.807) is 0 Å². The molecule has 3 heterocycles. The molecule has 0 radical (unpaired) electrons. The molecule has 0 unspecified atom stereocenters. The second-order valence-corrected chi connectivity index (χ2v) is 7.66. The Hall–Kier alpha value is -1.10. The molecule has 0 spiro atoms. The summed E-state index contributed by atoms with van der Waals surface area (Å²) in [4.78, 5) is 31.1. The largest absolute Gasteiger partial charge is 0.343 e. The van der Waals surface area contributed by atoms with Crippen molar-refractivity contribution in [3.8, 4) is 0 Å². The number of rotatable bonds is 3. The quantitative estimate of drug-likeness (QED) is 0.793. The highest BCUT2D eigenvalue weighted by Gasteiger charge is 2.33. The number of hydrogen-bond donors (Lipinski definition) is 0. The molecule has 5 nitrogen and oxygen atoms in total. The summed E-state index contributed by atoms with van der Waals surface area (Å²) in [5.74, 6) is 0.957. The standard InChI is InChI=1S/C19H33N3O2/c1-2-18(23)21-14-8-17(9-15-21)20-12-6-16(7-13-20)19(24)22-10-4-3-5-11-22/h16-17H,2-15H2,1H3. The maximum Gasteiger partial charge on any atom is 0.225 e. The molecule has 136 valence electrons. The number of hydrogen-bond acceptors (Lipinski definition) is 3. The Balaban J connectivity index is 1.42. The predicted molar refractivity (Wildman–Crippen MR) is 94.6 cm³/mol. The highest BCUT2D eigenvalue weighted by molar-refractivity contribution is 5.79. The molecule has 3 fully saturated rings. The first-order chi connectivity index (χ1) is 11.7. The highest BCUT2D eigenvalue weighted by Crippen LogP contribution is 2.26. The molecule has 2 amide bonds. The van der Waals surface area contributed by atoms with Gasteiger partial charge in [-0.1, -0.05) is 6.92 Å².